The molecule has 0 aliphatic heterocycles. The van der Waals surface area contributed by atoms with Crippen molar-refractivity contribution in [1.82, 2.24) is 5.06 Å². The van der Waals surface area contributed by atoms with Gasteiger partial charge in [0.25, 0.3) is 0 Å². The van der Waals surface area contributed by atoms with Gasteiger partial charge in [-0.05, 0) is 40.0 Å². The van der Waals surface area contributed by atoms with E-state index in [0.717, 1.165) is 19.3 Å². The van der Waals surface area contributed by atoms with Crippen molar-refractivity contribution in [2.24, 2.45) is 11.8 Å². The minimum atomic E-state index is -0.475. The zero-order chi connectivity index (χ0) is 14.6. The number of rotatable bonds is 3. The van der Waals surface area contributed by atoms with Crippen LogP contribution in [0, 0.1) is 11.8 Å². The summed E-state index contributed by atoms with van der Waals surface area (Å²) in [5.41, 5.74) is -0.475. The number of esters is 1. The number of nitrogens with zero attached hydrogens (tertiary/aromatic N) is 1. The van der Waals surface area contributed by atoms with Crippen molar-refractivity contribution in [1.29, 1.82) is 0 Å². The first-order valence-corrected chi connectivity index (χ1v) is 6.79. The highest BCUT2D eigenvalue weighted by Gasteiger charge is 2.34. The second kappa shape index (κ2) is 6.37. The van der Waals surface area contributed by atoms with Crippen LogP contribution in [-0.2, 0) is 19.2 Å². The van der Waals surface area contributed by atoms with Crippen molar-refractivity contribution in [3.63, 3.8) is 0 Å². The maximum absolute atomic E-state index is 12.0. The maximum Gasteiger partial charge on any atom is 0.309 e. The van der Waals surface area contributed by atoms with Crippen molar-refractivity contribution in [3.8, 4) is 0 Å². The summed E-state index contributed by atoms with van der Waals surface area (Å²) < 4.78 is 5.40. The molecule has 1 aliphatic rings. The average molecular weight is 271 g/mol. The second-order valence-corrected chi connectivity index (χ2v) is 6.11. The lowest BCUT2D eigenvalue weighted by Crippen LogP contribution is -2.37. The quantitative estimate of drug-likeness (QED) is 0.583. The molecule has 5 heteroatoms. The number of hydroxylamine groups is 2. The van der Waals surface area contributed by atoms with Gasteiger partial charge >= 0.3 is 5.97 Å². The highest BCUT2D eigenvalue weighted by Crippen LogP contribution is 2.32. The third-order valence-corrected chi connectivity index (χ3v) is 3.35. The Balaban J connectivity index is 2.59. The molecule has 0 saturated heterocycles. The summed E-state index contributed by atoms with van der Waals surface area (Å²) in [7, 11) is 3.06. The molecule has 0 radical (unpaired) electrons. The summed E-state index contributed by atoms with van der Waals surface area (Å²) in [6, 6.07) is 0. The number of carbonyl (C=O) groups excluding carboxylic acids is 2. The molecule has 1 amide bonds. The van der Waals surface area contributed by atoms with Crippen molar-refractivity contribution in [2.75, 3.05) is 14.2 Å². The minimum Gasteiger partial charge on any atom is -0.460 e. The van der Waals surface area contributed by atoms with E-state index in [-0.39, 0.29) is 23.7 Å². The first-order valence-electron chi connectivity index (χ1n) is 6.79. The van der Waals surface area contributed by atoms with Crippen LogP contribution in [0.4, 0.5) is 0 Å². The molecule has 0 aromatic heterocycles. The fourth-order valence-corrected chi connectivity index (χ4v) is 2.36. The molecular formula is C14H25NO4. The Morgan fingerprint density at radius 1 is 1.16 bits per heavy atom. The summed E-state index contributed by atoms with van der Waals surface area (Å²) in [6.45, 7) is 5.57. The molecule has 19 heavy (non-hydrogen) atoms. The maximum atomic E-state index is 12.0. The molecule has 1 rings (SSSR count). The van der Waals surface area contributed by atoms with Gasteiger partial charge in [-0.1, -0.05) is 6.42 Å². The average Bonchev–Trinajstić information content (AvgIpc) is 2.35. The van der Waals surface area contributed by atoms with Gasteiger partial charge in [-0.25, -0.2) is 5.06 Å². The zero-order valence-corrected chi connectivity index (χ0v) is 12.6. The molecular weight excluding hydrogens is 246 g/mol. The van der Waals surface area contributed by atoms with E-state index < -0.39 is 5.60 Å². The van der Waals surface area contributed by atoms with Gasteiger partial charge in [-0.15, -0.1) is 0 Å². The molecule has 0 spiro atoms. The Labute approximate surface area is 115 Å². The van der Waals surface area contributed by atoms with E-state index in [1.165, 1.54) is 12.2 Å². The number of hydrogen-bond donors (Lipinski definition) is 0. The smallest absolute Gasteiger partial charge is 0.309 e. The van der Waals surface area contributed by atoms with Crippen LogP contribution >= 0.6 is 0 Å². The number of amides is 1. The Kier molecular flexibility index (Phi) is 5.35. The summed E-state index contributed by atoms with van der Waals surface area (Å²) >= 11 is 0. The molecule has 0 unspecified atom stereocenters. The van der Waals surface area contributed by atoms with Crippen LogP contribution in [-0.4, -0.2) is 36.7 Å². The first-order chi connectivity index (χ1) is 8.74. The zero-order valence-electron chi connectivity index (χ0n) is 12.6. The fourth-order valence-electron chi connectivity index (χ4n) is 2.36. The van der Waals surface area contributed by atoms with Gasteiger partial charge < -0.3 is 4.74 Å². The Morgan fingerprint density at radius 3 is 2.26 bits per heavy atom. The van der Waals surface area contributed by atoms with Crippen molar-refractivity contribution < 1.29 is 19.2 Å². The third-order valence-electron chi connectivity index (χ3n) is 3.35. The van der Waals surface area contributed by atoms with E-state index in [0.29, 0.717) is 6.42 Å². The van der Waals surface area contributed by atoms with Crippen LogP contribution in [0.5, 0.6) is 0 Å². The molecule has 1 saturated carbocycles. The molecule has 2 atom stereocenters. The van der Waals surface area contributed by atoms with E-state index in [1.54, 1.807) is 7.05 Å². The van der Waals surface area contributed by atoms with E-state index >= 15 is 0 Å². The highest BCUT2D eigenvalue weighted by atomic mass is 16.7. The van der Waals surface area contributed by atoms with Gasteiger partial charge in [0.2, 0.25) is 5.91 Å². The van der Waals surface area contributed by atoms with Gasteiger partial charge in [0, 0.05) is 13.0 Å². The molecule has 1 fully saturated rings. The van der Waals surface area contributed by atoms with Crippen molar-refractivity contribution >= 4 is 11.9 Å². The molecule has 0 aromatic rings. The molecule has 5 nitrogen and oxygen atoms in total. The number of ether oxygens (including phenoxy) is 1. The van der Waals surface area contributed by atoms with Crippen molar-refractivity contribution in [2.45, 2.75) is 52.1 Å². The van der Waals surface area contributed by atoms with E-state index in [9.17, 15) is 9.59 Å². The SMILES string of the molecule is CON(C)C(=O)[C@H]1CCC[C@@H](C(=O)OC(C)(C)C)C1. The number of carbonyl (C=O) groups is 2. The Morgan fingerprint density at radius 2 is 1.74 bits per heavy atom. The van der Waals surface area contributed by atoms with E-state index in [2.05, 4.69) is 0 Å². The summed E-state index contributed by atoms with van der Waals surface area (Å²) in [6.07, 6.45) is 3.04. The summed E-state index contributed by atoms with van der Waals surface area (Å²) in [5.74, 6) is -0.566. The summed E-state index contributed by atoms with van der Waals surface area (Å²) in [4.78, 5) is 29.0. The lowest BCUT2D eigenvalue weighted by atomic mass is 9.81. The molecule has 1 aliphatic carbocycles. The topological polar surface area (TPSA) is 55.8 Å². The monoisotopic (exact) mass is 271 g/mol. The normalized spacial score (nSPS) is 23.8. The predicted molar refractivity (Wildman–Crippen MR) is 71.1 cm³/mol. The van der Waals surface area contributed by atoms with Crippen LogP contribution in [0.25, 0.3) is 0 Å². The summed E-state index contributed by atoms with van der Waals surface area (Å²) in [5, 5.41) is 1.24. The fraction of sp³-hybridized carbons (Fsp3) is 0.857. The van der Waals surface area contributed by atoms with Crippen LogP contribution in [0.1, 0.15) is 46.5 Å². The van der Waals surface area contributed by atoms with Crippen LogP contribution in [0.3, 0.4) is 0 Å². The standard InChI is InChI=1S/C14H25NO4/c1-14(2,3)19-13(17)11-8-6-7-10(9-11)12(16)15(4)18-5/h10-11H,6-9H2,1-5H3/t10-,11+/m0/s1. The minimum absolute atomic E-state index is 0.0595. The molecule has 0 bridgehead atoms. The molecule has 110 valence electrons. The second-order valence-electron chi connectivity index (χ2n) is 6.11. The Bertz CT molecular complexity index is 335. The lowest BCUT2D eigenvalue weighted by Gasteiger charge is -2.31. The molecule has 0 aromatic carbocycles. The van der Waals surface area contributed by atoms with Gasteiger partial charge in [-0.3, -0.25) is 14.4 Å². The van der Waals surface area contributed by atoms with Crippen LogP contribution < -0.4 is 0 Å². The Hall–Kier alpha value is -1.10. The lowest BCUT2D eigenvalue weighted by molar-refractivity contribution is -0.176. The predicted octanol–water partition coefficient (Wildman–Crippen LogP) is 2.15. The van der Waals surface area contributed by atoms with Crippen LogP contribution in [0.2, 0.25) is 0 Å². The molecule has 0 N–H and O–H groups in total. The number of hydrogen-bond acceptors (Lipinski definition) is 4. The van der Waals surface area contributed by atoms with Crippen LogP contribution in [0.15, 0.2) is 0 Å². The highest BCUT2D eigenvalue weighted by molar-refractivity contribution is 5.79. The van der Waals surface area contributed by atoms with E-state index in [1.807, 2.05) is 20.8 Å². The van der Waals surface area contributed by atoms with E-state index in [4.69, 9.17) is 9.57 Å². The van der Waals surface area contributed by atoms with Crippen molar-refractivity contribution in [3.05, 3.63) is 0 Å². The van der Waals surface area contributed by atoms with Gasteiger partial charge in [0.05, 0.1) is 13.0 Å². The third kappa shape index (κ3) is 4.82. The van der Waals surface area contributed by atoms with Gasteiger partial charge in [0.15, 0.2) is 0 Å². The largest absolute Gasteiger partial charge is 0.460 e. The molecule has 0 heterocycles. The van der Waals surface area contributed by atoms with Gasteiger partial charge in [0.1, 0.15) is 5.60 Å². The first kappa shape index (κ1) is 16.0. The van der Waals surface area contributed by atoms with Gasteiger partial charge in [-0.2, -0.15) is 0 Å².